The monoisotopic (exact) mass is 258 g/mol. The van der Waals surface area contributed by atoms with Crippen LogP contribution in [0.1, 0.15) is 39.0 Å². The van der Waals surface area contributed by atoms with Gasteiger partial charge in [0.25, 0.3) is 5.91 Å². The number of nitrogens with one attached hydrogen (secondary N) is 2. The van der Waals surface area contributed by atoms with E-state index in [9.17, 15) is 9.59 Å². The second-order valence-electron chi connectivity index (χ2n) is 4.49. The van der Waals surface area contributed by atoms with E-state index >= 15 is 0 Å². The molecular formula is C12H22N2O4. The largest absolute Gasteiger partial charge is 0.353 e. The zero-order valence-corrected chi connectivity index (χ0v) is 11.2. The van der Waals surface area contributed by atoms with Gasteiger partial charge in [-0.2, -0.15) is 0 Å². The van der Waals surface area contributed by atoms with E-state index in [-0.39, 0.29) is 5.91 Å². The molecule has 1 saturated heterocycles. The number of hydrogen-bond donors (Lipinski definition) is 2. The molecule has 1 rings (SSSR count). The number of carbonyl (C=O) groups excluding carboxylic acids is 2. The van der Waals surface area contributed by atoms with Crippen LogP contribution >= 0.6 is 0 Å². The third kappa shape index (κ3) is 3.00. The first kappa shape index (κ1) is 14.9. The van der Waals surface area contributed by atoms with Crippen molar-refractivity contribution in [2.24, 2.45) is 0 Å². The number of imide groups is 1. The quantitative estimate of drug-likeness (QED) is 0.389. The lowest BCUT2D eigenvalue weighted by atomic mass is 9.91. The number of amides is 3. The van der Waals surface area contributed by atoms with Gasteiger partial charge in [0.15, 0.2) is 11.8 Å². The summed E-state index contributed by atoms with van der Waals surface area (Å²) >= 11 is 0. The summed E-state index contributed by atoms with van der Waals surface area (Å²) < 4.78 is 10.3. The molecule has 0 aliphatic carbocycles. The molecule has 1 heterocycles. The van der Waals surface area contributed by atoms with Crippen LogP contribution in [0.25, 0.3) is 0 Å². The Kier molecular flexibility index (Phi) is 5.55. The molecule has 1 fully saturated rings. The highest BCUT2D eigenvalue weighted by Crippen LogP contribution is 2.26. The van der Waals surface area contributed by atoms with Crippen LogP contribution < -0.4 is 10.6 Å². The molecule has 0 bridgehead atoms. The highest BCUT2D eigenvalue weighted by Gasteiger charge is 2.52. The lowest BCUT2D eigenvalue weighted by Crippen LogP contribution is -2.57. The molecule has 6 nitrogen and oxygen atoms in total. The van der Waals surface area contributed by atoms with Crippen LogP contribution in [0.5, 0.6) is 0 Å². The minimum atomic E-state index is -1.10. The standard InChI is InChI=1S/C12H22N2O4/c1-4-5-6-7-8-12(10(17-2)18-3)9(15)13-11(16)14-12/h10H,4-8H2,1-3H3,(H2,13,14,15,16)/t12-/m0/s1. The van der Waals surface area contributed by atoms with Crippen molar-refractivity contribution in [2.75, 3.05) is 14.2 Å². The maximum atomic E-state index is 12.0. The summed E-state index contributed by atoms with van der Waals surface area (Å²) in [4.78, 5) is 23.3. The number of unbranched alkanes of at least 4 members (excludes halogenated alkanes) is 3. The van der Waals surface area contributed by atoms with Gasteiger partial charge >= 0.3 is 6.03 Å². The molecule has 104 valence electrons. The molecule has 1 aliphatic rings. The molecule has 0 aromatic carbocycles. The molecule has 0 radical (unpaired) electrons. The average Bonchev–Trinajstić information content (AvgIpc) is 2.62. The Labute approximate surface area is 107 Å². The summed E-state index contributed by atoms with van der Waals surface area (Å²) in [6.07, 6.45) is 3.81. The fourth-order valence-corrected chi connectivity index (χ4v) is 2.29. The van der Waals surface area contributed by atoms with E-state index in [1.54, 1.807) is 0 Å². The number of methoxy groups -OCH3 is 2. The van der Waals surface area contributed by atoms with Crippen molar-refractivity contribution >= 4 is 11.9 Å². The summed E-state index contributed by atoms with van der Waals surface area (Å²) in [5.41, 5.74) is -1.10. The van der Waals surface area contributed by atoms with Gasteiger partial charge in [-0.25, -0.2) is 4.79 Å². The van der Waals surface area contributed by atoms with Crippen LogP contribution in [-0.4, -0.2) is 38.0 Å². The van der Waals surface area contributed by atoms with E-state index in [4.69, 9.17) is 9.47 Å². The number of rotatable bonds is 8. The summed E-state index contributed by atoms with van der Waals surface area (Å²) in [5, 5.41) is 4.90. The smallest absolute Gasteiger partial charge is 0.322 e. The van der Waals surface area contributed by atoms with Crippen molar-refractivity contribution in [3.8, 4) is 0 Å². The van der Waals surface area contributed by atoms with Crippen molar-refractivity contribution in [3.05, 3.63) is 0 Å². The van der Waals surface area contributed by atoms with Gasteiger partial charge in [-0.15, -0.1) is 0 Å². The van der Waals surface area contributed by atoms with Gasteiger partial charge in [0.2, 0.25) is 0 Å². The van der Waals surface area contributed by atoms with Crippen LogP contribution in [0, 0.1) is 0 Å². The Balaban J connectivity index is 2.75. The highest BCUT2D eigenvalue weighted by molar-refractivity contribution is 6.07. The van der Waals surface area contributed by atoms with Gasteiger partial charge in [-0.05, 0) is 6.42 Å². The second-order valence-corrected chi connectivity index (χ2v) is 4.49. The summed E-state index contributed by atoms with van der Waals surface area (Å²) in [6, 6.07) is -0.491. The average molecular weight is 258 g/mol. The van der Waals surface area contributed by atoms with E-state index in [0.717, 1.165) is 25.7 Å². The number of carbonyl (C=O) groups is 2. The molecule has 3 amide bonds. The Bertz CT molecular complexity index is 304. The Morgan fingerprint density at radius 1 is 1.17 bits per heavy atom. The Hall–Kier alpha value is -1.14. The molecule has 0 unspecified atom stereocenters. The molecule has 0 spiro atoms. The maximum Gasteiger partial charge on any atom is 0.322 e. The minimum absolute atomic E-state index is 0.377. The van der Waals surface area contributed by atoms with Crippen molar-refractivity contribution in [1.29, 1.82) is 0 Å². The lowest BCUT2D eigenvalue weighted by Gasteiger charge is -2.32. The first-order valence-corrected chi connectivity index (χ1v) is 6.30. The third-order valence-electron chi connectivity index (χ3n) is 3.22. The predicted octanol–water partition coefficient (Wildman–Crippen LogP) is 1.15. The van der Waals surface area contributed by atoms with Crippen LogP contribution in [0.4, 0.5) is 4.79 Å². The lowest BCUT2D eigenvalue weighted by molar-refractivity contribution is -0.165. The predicted molar refractivity (Wildman–Crippen MR) is 66.0 cm³/mol. The van der Waals surface area contributed by atoms with Crippen LogP contribution in [0.2, 0.25) is 0 Å². The zero-order chi connectivity index (χ0) is 13.6. The van der Waals surface area contributed by atoms with E-state index in [2.05, 4.69) is 17.6 Å². The summed E-state index contributed by atoms with van der Waals surface area (Å²) in [5.74, 6) is -0.377. The van der Waals surface area contributed by atoms with Crippen molar-refractivity contribution in [2.45, 2.75) is 50.9 Å². The van der Waals surface area contributed by atoms with Crippen molar-refractivity contribution in [1.82, 2.24) is 10.6 Å². The van der Waals surface area contributed by atoms with E-state index in [1.807, 2.05) is 0 Å². The second kappa shape index (κ2) is 6.70. The summed E-state index contributed by atoms with van der Waals surface area (Å²) in [6.45, 7) is 2.12. The number of urea groups is 1. The molecule has 0 aromatic heterocycles. The number of ether oxygens (including phenoxy) is 2. The normalized spacial score (nSPS) is 23.3. The molecule has 1 aliphatic heterocycles. The molecular weight excluding hydrogens is 236 g/mol. The third-order valence-corrected chi connectivity index (χ3v) is 3.22. The fourth-order valence-electron chi connectivity index (χ4n) is 2.29. The van der Waals surface area contributed by atoms with E-state index in [0.29, 0.717) is 6.42 Å². The zero-order valence-electron chi connectivity index (χ0n) is 11.2. The molecule has 2 N–H and O–H groups in total. The van der Waals surface area contributed by atoms with Gasteiger partial charge in [0.05, 0.1) is 0 Å². The SMILES string of the molecule is CCCCCC[C@]1(C(OC)OC)NC(=O)NC1=O. The van der Waals surface area contributed by atoms with Crippen LogP contribution in [0.3, 0.4) is 0 Å². The van der Waals surface area contributed by atoms with Gasteiger partial charge in [-0.1, -0.05) is 32.6 Å². The molecule has 1 atom stereocenters. The van der Waals surface area contributed by atoms with E-state index in [1.165, 1.54) is 14.2 Å². The van der Waals surface area contributed by atoms with Crippen LogP contribution in [-0.2, 0) is 14.3 Å². The molecule has 6 heteroatoms. The van der Waals surface area contributed by atoms with Gasteiger partial charge in [-0.3, -0.25) is 10.1 Å². The molecule has 0 aromatic rings. The van der Waals surface area contributed by atoms with Gasteiger partial charge < -0.3 is 14.8 Å². The topological polar surface area (TPSA) is 76.7 Å². The highest BCUT2D eigenvalue weighted by atomic mass is 16.7. The van der Waals surface area contributed by atoms with Crippen molar-refractivity contribution in [3.63, 3.8) is 0 Å². The first-order chi connectivity index (χ1) is 8.60. The Morgan fingerprint density at radius 2 is 1.83 bits per heavy atom. The van der Waals surface area contributed by atoms with Gasteiger partial charge in [0, 0.05) is 14.2 Å². The van der Waals surface area contributed by atoms with Crippen molar-refractivity contribution < 1.29 is 19.1 Å². The molecule has 0 saturated carbocycles. The van der Waals surface area contributed by atoms with E-state index < -0.39 is 17.9 Å². The maximum absolute atomic E-state index is 12.0. The summed E-state index contributed by atoms with van der Waals surface area (Å²) in [7, 11) is 2.92. The minimum Gasteiger partial charge on any atom is -0.353 e. The first-order valence-electron chi connectivity index (χ1n) is 6.30. The van der Waals surface area contributed by atoms with Gasteiger partial charge in [0.1, 0.15) is 0 Å². The Morgan fingerprint density at radius 3 is 2.28 bits per heavy atom. The van der Waals surface area contributed by atoms with Crippen LogP contribution in [0.15, 0.2) is 0 Å². The number of hydrogen-bond acceptors (Lipinski definition) is 4. The molecule has 18 heavy (non-hydrogen) atoms. The fraction of sp³-hybridized carbons (Fsp3) is 0.833.